The van der Waals surface area contributed by atoms with Crippen molar-refractivity contribution < 1.29 is 13.2 Å². The maximum Gasteiger partial charge on any atom is 0.240 e. The van der Waals surface area contributed by atoms with Crippen molar-refractivity contribution in [2.75, 3.05) is 19.6 Å². The lowest BCUT2D eigenvalue weighted by atomic mass is 10.2. The monoisotopic (exact) mass is 338 g/mol. The van der Waals surface area contributed by atoms with E-state index in [4.69, 9.17) is 0 Å². The number of benzene rings is 1. The van der Waals surface area contributed by atoms with E-state index in [2.05, 4.69) is 4.72 Å². The molecule has 0 unspecified atom stereocenters. The molecule has 0 aliphatic carbocycles. The first-order chi connectivity index (χ1) is 10.9. The van der Waals surface area contributed by atoms with E-state index in [1.165, 1.54) is 0 Å². The third-order valence-electron chi connectivity index (χ3n) is 4.19. The van der Waals surface area contributed by atoms with Crippen molar-refractivity contribution in [3.8, 4) is 0 Å². The van der Waals surface area contributed by atoms with Crippen LogP contribution in [0.4, 0.5) is 0 Å². The molecule has 1 fully saturated rings. The first kappa shape index (κ1) is 17.9. The van der Waals surface area contributed by atoms with Gasteiger partial charge in [0.2, 0.25) is 15.9 Å². The van der Waals surface area contributed by atoms with Crippen LogP contribution in [0.25, 0.3) is 0 Å². The second-order valence-electron chi connectivity index (χ2n) is 6.21. The summed E-state index contributed by atoms with van der Waals surface area (Å²) in [7, 11) is -3.48. The zero-order valence-electron chi connectivity index (χ0n) is 14.0. The van der Waals surface area contributed by atoms with Crippen LogP contribution < -0.4 is 4.72 Å². The van der Waals surface area contributed by atoms with Gasteiger partial charge in [-0.1, -0.05) is 24.1 Å². The maximum atomic E-state index is 12.3. The lowest BCUT2D eigenvalue weighted by Crippen LogP contribution is -2.34. The van der Waals surface area contributed by atoms with Crippen LogP contribution in [0.15, 0.2) is 23.1 Å². The number of rotatable bonds is 6. The van der Waals surface area contributed by atoms with Crippen LogP contribution in [-0.2, 0) is 14.8 Å². The van der Waals surface area contributed by atoms with Gasteiger partial charge in [-0.15, -0.1) is 0 Å². The number of amides is 1. The summed E-state index contributed by atoms with van der Waals surface area (Å²) in [5.74, 6) is 0.194. The Labute approximate surface area is 139 Å². The highest BCUT2D eigenvalue weighted by Gasteiger charge is 2.18. The molecule has 5 nitrogen and oxygen atoms in total. The molecule has 23 heavy (non-hydrogen) atoms. The van der Waals surface area contributed by atoms with Crippen LogP contribution in [0.5, 0.6) is 0 Å². The summed E-state index contributed by atoms with van der Waals surface area (Å²) in [6.07, 6.45) is 4.36. The van der Waals surface area contributed by atoms with E-state index in [1.54, 1.807) is 19.1 Å². The molecule has 1 N–H and O–H groups in total. The zero-order valence-corrected chi connectivity index (χ0v) is 14.8. The molecule has 1 aromatic rings. The Kier molecular flexibility index (Phi) is 6.18. The molecule has 0 bridgehead atoms. The first-order valence-electron chi connectivity index (χ1n) is 8.25. The number of nitrogens with zero attached hydrogens (tertiary/aromatic N) is 1. The Morgan fingerprint density at radius 1 is 1.17 bits per heavy atom. The highest BCUT2D eigenvalue weighted by Crippen LogP contribution is 2.16. The van der Waals surface area contributed by atoms with E-state index in [1.807, 2.05) is 17.9 Å². The number of hydrogen-bond donors (Lipinski definition) is 1. The van der Waals surface area contributed by atoms with E-state index in [-0.39, 0.29) is 5.91 Å². The van der Waals surface area contributed by atoms with Crippen molar-refractivity contribution in [3.05, 3.63) is 29.3 Å². The van der Waals surface area contributed by atoms with Crippen LogP contribution in [0.2, 0.25) is 0 Å². The summed E-state index contributed by atoms with van der Waals surface area (Å²) >= 11 is 0. The summed E-state index contributed by atoms with van der Waals surface area (Å²) < 4.78 is 27.3. The summed E-state index contributed by atoms with van der Waals surface area (Å²) in [6, 6.07) is 5.31. The largest absolute Gasteiger partial charge is 0.343 e. The Balaban J connectivity index is 1.86. The average Bonchev–Trinajstić information content (AvgIpc) is 2.68. The number of hydrogen-bond acceptors (Lipinski definition) is 3. The molecular weight excluding hydrogens is 312 g/mol. The van der Waals surface area contributed by atoms with E-state index >= 15 is 0 Å². The van der Waals surface area contributed by atoms with Crippen LogP contribution in [0.1, 0.15) is 43.2 Å². The minimum absolute atomic E-state index is 0.194. The van der Waals surface area contributed by atoms with Crippen molar-refractivity contribution in [3.63, 3.8) is 0 Å². The van der Waals surface area contributed by atoms with Crippen molar-refractivity contribution in [1.82, 2.24) is 9.62 Å². The Morgan fingerprint density at radius 2 is 1.96 bits per heavy atom. The number of aryl methyl sites for hydroxylation is 2. The molecular formula is C17H26N2O3S. The third kappa shape index (κ3) is 5.04. The summed E-state index contributed by atoms with van der Waals surface area (Å²) in [5, 5.41) is 0. The lowest BCUT2D eigenvalue weighted by Gasteiger charge is -2.20. The predicted molar refractivity (Wildman–Crippen MR) is 90.8 cm³/mol. The van der Waals surface area contributed by atoms with Crippen LogP contribution in [-0.4, -0.2) is 38.9 Å². The van der Waals surface area contributed by atoms with E-state index < -0.39 is 10.0 Å². The molecule has 6 heteroatoms. The zero-order chi connectivity index (χ0) is 16.9. The summed E-state index contributed by atoms with van der Waals surface area (Å²) in [4.78, 5) is 14.1. The minimum atomic E-state index is -3.48. The van der Waals surface area contributed by atoms with Gasteiger partial charge < -0.3 is 4.90 Å². The maximum absolute atomic E-state index is 12.3. The molecule has 1 heterocycles. The SMILES string of the molecule is Cc1ccc(S(=O)(=O)NCCCN2CCCCCC2=O)c(C)c1. The van der Waals surface area contributed by atoms with Gasteiger partial charge in [-0.25, -0.2) is 13.1 Å². The molecule has 0 aromatic heterocycles. The van der Waals surface area contributed by atoms with Gasteiger partial charge in [0.05, 0.1) is 4.90 Å². The number of sulfonamides is 1. The standard InChI is InChI=1S/C17H26N2O3S/c1-14-8-9-16(15(2)13-14)23(21,22)18-10-6-12-19-11-5-3-4-7-17(19)20/h8-9,13,18H,3-7,10-12H2,1-2H3. The normalized spacial score (nSPS) is 16.4. The highest BCUT2D eigenvalue weighted by atomic mass is 32.2. The lowest BCUT2D eigenvalue weighted by molar-refractivity contribution is -0.130. The fourth-order valence-electron chi connectivity index (χ4n) is 2.93. The fraction of sp³-hybridized carbons (Fsp3) is 0.588. The Morgan fingerprint density at radius 3 is 2.70 bits per heavy atom. The number of carbonyl (C=O) groups is 1. The van der Waals surface area contributed by atoms with Gasteiger partial charge >= 0.3 is 0 Å². The molecule has 1 aliphatic heterocycles. The van der Waals surface area contributed by atoms with Gasteiger partial charge in [-0.05, 0) is 44.7 Å². The van der Waals surface area contributed by atoms with Crippen molar-refractivity contribution >= 4 is 15.9 Å². The molecule has 1 aromatic carbocycles. The predicted octanol–water partition coefficient (Wildman–Crippen LogP) is 2.37. The van der Waals surface area contributed by atoms with Crippen molar-refractivity contribution in [1.29, 1.82) is 0 Å². The molecule has 0 saturated carbocycles. The van der Waals surface area contributed by atoms with Crippen molar-refractivity contribution in [2.24, 2.45) is 0 Å². The Hall–Kier alpha value is -1.40. The summed E-state index contributed by atoms with van der Waals surface area (Å²) in [6.45, 7) is 5.50. The number of carbonyl (C=O) groups excluding carboxylic acids is 1. The molecule has 2 rings (SSSR count). The van der Waals surface area contributed by atoms with Gasteiger partial charge in [0.15, 0.2) is 0 Å². The summed E-state index contributed by atoms with van der Waals surface area (Å²) in [5.41, 5.74) is 1.79. The van der Waals surface area contributed by atoms with Crippen LogP contribution >= 0.6 is 0 Å². The first-order valence-corrected chi connectivity index (χ1v) is 9.73. The smallest absolute Gasteiger partial charge is 0.240 e. The van der Waals surface area contributed by atoms with Gasteiger partial charge in [-0.2, -0.15) is 0 Å². The molecule has 0 radical (unpaired) electrons. The number of nitrogens with one attached hydrogen (secondary N) is 1. The van der Waals surface area contributed by atoms with Gasteiger partial charge in [0.25, 0.3) is 0 Å². The van der Waals surface area contributed by atoms with Crippen LogP contribution in [0, 0.1) is 13.8 Å². The van der Waals surface area contributed by atoms with E-state index in [9.17, 15) is 13.2 Å². The second kappa shape index (κ2) is 7.93. The van der Waals surface area contributed by atoms with E-state index in [0.29, 0.717) is 30.8 Å². The van der Waals surface area contributed by atoms with Crippen LogP contribution in [0.3, 0.4) is 0 Å². The molecule has 1 saturated heterocycles. The number of likely N-dealkylation sites (tertiary alicyclic amines) is 1. The molecule has 0 atom stereocenters. The quantitative estimate of drug-likeness (QED) is 0.810. The van der Waals surface area contributed by atoms with E-state index in [0.717, 1.165) is 36.9 Å². The average molecular weight is 338 g/mol. The molecule has 0 spiro atoms. The Bertz CT molecular complexity index is 656. The topological polar surface area (TPSA) is 66.5 Å². The van der Waals surface area contributed by atoms with Gasteiger partial charge in [0.1, 0.15) is 0 Å². The second-order valence-corrected chi connectivity index (χ2v) is 7.95. The molecule has 128 valence electrons. The van der Waals surface area contributed by atoms with Gasteiger partial charge in [-0.3, -0.25) is 4.79 Å². The molecule has 1 amide bonds. The van der Waals surface area contributed by atoms with Gasteiger partial charge in [0, 0.05) is 26.1 Å². The minimum Gasteiger partial charge on any atom is -0.343 e. The fourth-order valence-corrected chi connectivity index (χ4v) is 4.23. The molecule has 1 aliphatic rings. The highest BCUT2D eigenvalue weighted by molar-refractivity contribution is 7.89. The van der Waals surface area contributed by atoms with Crippen molar-refractivity contribution in [2.45, 2.75) is 50.8 Å². The third-order valence-corrected chi connectivity index (χ3v) is 5.81.